The third kappa shape index (κ3) is 3.53. The van der Waals surface area contributed by atoms with Gasteiger partial charge in [-0.05, 0) is 57.4 Å². The van der Waals surface area contributed by atoms with E-state index in [0.717, 1.165) is 32.4 Å². The van der Waals surface area contributed by atoms with E-state index in [1.165, 1.54) is 0 Å². The average molecular weight is 266 g/mol. The Morgan fingerprint density at radius 3 is 2.68 bits per heavy atom. The molecule has 3 atom stereocenters. The minimum Gasteiger partial charge on any atom is -0.444 e. The third-order valence-electron chi connectivity index (χ3n) is 3.91. The van der Waals surface area contributed by atoms with Crippen LogP contribution < -0.4 is 0 Å². The summed E-state index contributed by atoms with van der Waals surface area (Å²) in [6.07, 6.45) is 2.63. The van der Waals surface area contributed by atoms with Crippen molar-refractivity contribution in [2.45, 2.75) is 51.7 Å². The number of piperidine rings is 1. The molecule has 1 saturated heterocycles. The number of ether oxygens (including phenoxy) is 1. The van der Waals surface area contributed by atoms with Crippen molar-refractivity contribution < 1.29 is 9.53 Å². The smallest absolute Gasteiger partial charge is 0.410 e. The molecule has 2 fully saturated rings. The summed E-state index contributed by atoms with van der Waals surface area (Å²) in [4.78, 5) is 16.7. The molecule has 2 aliphatic rings. The summed E-state index contributed by atoms with van der Waals surface area (Å²) in [5.74, 6) is 1.05. The summed E-state index contributed by atoms with van der Waals surface area (Å²) in [5.41, 5.74) is 8.05. The monoisotopic (exact) mass is 266 g/mol. The summed E-state index contributed by atoms with van der Waals surface area (Å²) >= 11 is 0. The largest absolute Gasteiger partial charge is 0.444 e. The number of hydrogen-bond donors (Lipinski definition) is 0. The van der Waals surface area contributed by atoms with Gasteiger partial charge in [-0.3, -0.25) is 0 Å². The fourth-order valence-corrected chi connectivity index (χ4v) is 3.11. The Morgan fingerprint density at radius 2 is 2.05 bits per heavy atom. The summed E-state index contributed by atoms with van der Waals surface area (Å²) < 4.78 is 5.41. The minimum atomic E-state index is -0.447. The van der Waals surface area contributed by atoms with Crippen LogP contribution in [0.4, 0.5) is 4.79 Å². The molecule has 0 aromatic carbocycles. The molecule has 0 N–H and O–H groups in total. The van der Waals surface area contributed by atoms with E-state index in [1.807, 2.05) is 20.8 Å². The highest BCUT2D eigenvalue weighted by molar-refractivity contribution is 5.68. The fourth-order valence-electron chi connectivity index (χ4n) is 3.11. The second-order valence-electron chi connectivity index (χ2n) is 6.57. The average Bonchev–Trinajstić information content (AvgIpc) is 2.68. The number of amides is 1. The first kappa shape index (κ1) is 14.0. The summed E-state index contributed by atoms with van der Waals surface area (Å²) in [6.45, 7) is 7.12. The summed E-state index contributed by atoms with van der Waals surface area (Å²) in [7, 11) is 0. The van der Waals surface area contributed by atoms with E-state index < -0.39 is 5.60 Å². The van der Waals surface area contributed by atoms with Crippen LogP contribution in [0.5, 0.6) is 0 Å². The molecule has 0 bridgehead atoms. The zero-order valence-electron chi connectivity index (χ0n) is 11.9. The van der Waals surface area contributed by atoms with Crippen molar-refractivity contribution in [1.82, 2.24) is 4.90 Å². The van der Waals surface area contributed by atoms with E-state index in [1.54, 1.807) is 4.90 Å². The quantitative estimate of drug-likeness (QED) is 0.414. The Labute approximate surface area is 113 Å². The van der Waals surface area contributed by atoms with Gasteiger partial charge in [0.05, 0.1) is 0 Å². The van der Waals surface area contributed by atoms with Crippen molar-refractivity contribution in [3.8, 4) is 0 Å². The van der Waals surface area contributed by atoms with Gasteiger partial charge < -0.3 is 9.64 Å². The van der Waals surface area contributed by atoms with Crippen LogP contribution in [0.2, 0.25) is 0 Å². The third-order valence-corrected chi connectivity index (χ3v) is 3.91. The first-order chi connectivity index (χ1) is 8.89. The molecule has 1 amide bonds. The Morgan fingerprint density at radius 1 is 1.37 bits per heavy atom. The van der Waals surface area contributed by atoms with Crippen LogP contribution in [0.15, 0.2) is 5.11 Å². The maximum atomic E-state index is 12.0. The second-order valence-corrected chi connectivity index (χ2v) is 6.57. The first-order valence-electron chi connectivity index (χ1n) is 6.91. The number of fused-ring (bicyclic) bond motifs is 1. The zero-order valence-corrected chi connectivity index (χ0v) is 11.9. The van der Waals surface area contributed by atoms with Crippen LogP contribution in [0.3, 0.4) is 0 Å². The highest BCUT2D eigenvalue weighted by atomic mass is 16.6. The van der Waals surface area contributed by atoms with Crippen molar-refractivity contribution in [3.63, 3.8) is 0 Å². The number of carbonyl (C=O) groups excluding carboxylic acids is 1. The van der Waals surface area contributed by atoms with Gasteiger partial charge in [0.2, 0.25) is 0 Å². The molecule has 0 aromatic rings. The molecule has 6 heteroatoms. The van der Waals surface area contributed by atoms with E-state index in [0.29, 0.717) is 11.8 Å². The number of rotatable bonds is 1. The number of likely N-dealkylation sites (tertiary alicyclic amines) is 1. The predicted molar refractivity (Wildman–Crippen MR) is 71.6 cm³/mol. The molecule has 1 saturated carbocycles. The van der Waals surface area contributed by atoms with Crippen molar-refractivity contribution in [1.29, 1.82) is 0 Å². The maximum Gasteiger partial charge on any atom is 0.410 e. The lowest BCUT2D eigenvalue weighted by Crippen LogP contribution is -2.44. The van der Waals surface area contributed by atoms with Crippen LogP contribution in [0, 0.1) is 11.8 Å². The van der Waals surface area contributed by atoms with Crippen LogP contribution in [-0.2, 0) is 4.74 Å². The zero-order chi connectivity index (χ0) is 14.0. The lowest BCUT2D eigenvalue weighted by molar-refractivity contribution is 0.0127. The van der Waals surface area contributed by atoms with Gasteiger partial charge in [0.15, 0.2) is 0 Å². The van der Waals surface area contributed by atoms with Crippen molar-refractivity contribution >= 4 is 6.09 Å². The number of azide groups is 1. The lowest BCUT2D eigenvalue weighted by Gasteiger charge is -2.35. The van der Waals surface area contributed by atoms with E-state index >= 15 is 0 Å². The molecule has 0 spiro atoms. The molecular formula is C13H22N4O2. The molecule has 0 aromatic heterocycles. The van der Waals surface area contributed by atoms with Gasteiger partial charge in [-0.2, -0.15) is 0 Å². The predicted octanol–water partition coefficient (Wildman–Crippen LogP) is 3.33. The van der Waals surface area contributed by atoms with Crippen molar-refractivity contribution in [2.75, 3.05) is 13.1 Å². The number of carbonyl (C=O) groups is 1. The topological polar surface area (TPSA) is 78.3 Å². The van der Waals surface area contributed by atoms with Gasteiger partial charge in [-0.15, -0.1) is 0 Å². The fraction of sp³-hybridized carbons (Fsp3) is 0.923. The molecule has 106 valence electrons. The Balaban J connectivity index is 1.92. The van der Waals surface area contributed by atoms with Gasteiger partial charge in [-0.25, -0.2) is 4.79 Å². The van der Waals surface area contributed by atoms with E-state index in [9.17, 15) is 4.79 Å². The minimum absolute atomic E-state index is 0.110. The van der Waals surface area contributed by atoms with Crippen LogP contribution in [-0.4, -0.2) is 35.7 Å². The van der Waals surface area contributed by atoms with Crippen LogP contribution in [0.25, 0.3) is 10.4 Å². The standard InChI is InChI=1S/C13H22N4O2/c1-13(2,3)19-12(18)17-5-4-9-6-11(15-16-14)7-10(9)8-17/h9-11H,4-8H2,1-3H3/t9-,10-,11-/m1/s1. The molecule has 6 nitrogen and oxygen atoms in total. The molecule has 0 radical (unpaired) electrons. The number of nitrogens with zero attached hydrogens (tertiary/aromatic N) is 4. The summed E-state index contributed by atoms with van der Waals surface area (Å²) in [6, 6.07) is 0.110. The Bertz CT molecular complexity index is 398. The van der Waals surface area contributed by atoms with E-state index in [-0.39, 0.29) is 12.1 Å². The van der Waals surface area contributed by atoms with Crippen molar-refractivity contribution in [3.05, 3.63) is 10.4 Å². The summed E-state index contributed by atoms with van der Waals surface area (Å²) in [5, 5.41) is 3.82. The second kappa shape index (κ2) is 5.29. The van der Waals surface area contributed by atoms with Crippen LogP contribution >= 0.6 is 0 Å². The molecule has 2 rings (SSSR count). The molecule has 0 unspecified atom stereocenters. The lowest BCUT2D eigenvalue weighted by atomic mass is 9.89. The highest BCUT2D eigenvalue weighted by Crippen LogP contribution is 2.39. The van der Waals surface area contributed by atoms with Gasteiger partial charge in [0, 0.05) is 24.0 Å². The van der Waals surface area contributed by atoms with E-state index in [2.05, 4.69) is 10.0 Å². The Kier molecular flexibility index (Phi) is 3.90. The molecule has 1 heterocycles. The van der Waals surface area contributed by atoms with Gasteiger partial charge >= 0.3 is 6.09 Å². The normalized spacial score (nSPS) is 30.5. The molecule has 1 aliphatic heterocycles. The first-order valence-corrected chi connectivity index (χ1v) is 6.91. The molecule has 19 heavy (non-hydrogen) atoms. The van der Waals surface area contributed by atoms with Gasteiger partial charge in [-0.1, -0.05) is 5.11 Å². The van der Waals surface area contributed by atoms with E-state index in [4.69, 9.17) is 10.3 Å². The van der Waals surface area contributed by atoms with Crippen LogP contribution in [0.1, 0.15) is 40.0 Å². The molecule has 1 aliphatic carbocycles. The molecular weight excluding hydrogens is 244 g/mol. The van der Waals surface area contributed by atoms with Crippen molar-refractivity contribution in [2.24, 2.45) is 17.0 Å². The highest BCUT2D eigenvalue weighted by Gasteiger charge is 2.39. The van der Waals surface area contributed by atoms with Gasteiger partial charge in [0.25, 0.3) is 0 Å². The number of hydrogen-bond acceptors (Lipinski definition) is 3. The maximum absolute atomic E-state index is 12.0. The Hall–Kier alpha value is -1.42. The SMILES string of the molecule is CC(C)(C)OC(=O)N1CC[C@@H]2C[C@@H](N=[N+]=[N-])C[C@@H]2C1. The van der Waals surface area contributed by atoms with Gasteiger partial charge in [0.1, 0.15) is 5.60 Å².